The molecule has 1 atom stereocenters. The van der Waals surface area contributed by atoms with E-state index in [1.54, 1.807) is 0 Å². The van der Waals surface area contributed by atoms with Crippen molar-refractivity contribution >= 4 is 6.09 Å². The zero-order valence-corrected chi connectivity index (χ0v) is 12.5. The zero-order chi connectivity index (χ0) is 14.9. The lowest BCUT2D eigenvalue weighted by atomic mass is 9.88. The number of nitrogens with zero attached hydrogens (tertiary/aromatic N) is 3. The Hall–Kier alpha value is -1.63. The third-order valence-electron chi connectivity index (χ3n) is 3.23. The number of hydrogen-bond acceptors (Lipinski definition) is 5. The van der Waals surface area contributed by atoms with Crippen LogP contribution in [0.2, 0.25) is 0 Å². The van der Waals surface area contributed by atoms with Gasteiger partial charge in [-0.15, -0.1) is 5.10 Å². The van der Waals surface area contributed by atoms with E-state index in [9.17, 15) is 4.79 Å². The second kappa shape index (κ2) is 5.40. The Balaban J connectivity index is 1.89. The van der Waals surface area contributed by atoms with Gasteiger partial charge in [-0.1, -0.05) is 5.21 Å². The van der Waals surface area contributed by atoms with Crippen molar-refractivity contribution in [1.82, 2.24) is 20.3 Å². The molecule has 0 saturated heterocycles. The number of nitrogens with two attached hydrogens (primary N) is 1. The summed E-state index contributed by atoms with van der Waals surface area (Å²) >= 11 is 0. The van der Waals surface area contributed by atoms with Crippen LogP contribution < -0.4 is 11.1 Å². The van der Waals surface area contributed by atoms with Crippen LogP contribution in [0.25, 0.3) is 0 Å². The maximum Gasteiger partial charge on any atom is 0.408 e. The monoisotopic (exact) mass is 281 g/mol. The normalized spacial score (nSPS) is 23.9. The molecule has 7 nitrogen and oxygen atoms in total. The van der Waals surface area contributed by atoms with Crippen molar-refractivity contribution < 1.29 is 9.53 Å². The molecule has 1 amide bonds. The first-order valence-corrected chi connectivity index (χ1v) is 6.91. The molecule has 20 heavy (non-hydrogen) atoms. The molecule has 1 heterocycles. The molecule has 1 aliphatic rings. The number of rotatable bonds is 3. The van der Waals surface area contributed by atoms with Crippen molar-refractivity contribution in [3.8, 4) is 0 Å². The number of nitrogens with one attached hydrogen (secondary N) is 1. The van der Waals surface area contributed by atoms with Crippen molar-refractivity contribution in [2.24, 2.45) is 5.73 Å². The summed E-state index contributed by atoms with van der Waals surface area (Å²) in [6.45, 7) is 7.33. The smallest absolute Gasteiger partial charge is 0.408 e. The predicted molar refractivity (Wildman–Crippen MR) is 74.1 cm³/mol. The fraction of sp³-hybridized carbons (Fsp3) is 0.769. The molecule has 0 spiro atoms. The summed E-state index contributed by atoms with van der Waals surface area (Å²) in [6, 6.07) is 0.359. The van der Waals surface area contributed by atoms with Crippen LogP contribution in [0, 0.1) is 0 Å². The number of carbonyl (C=O) groups excluding carboxylic acids is 1. The van der Waals surface area contributed by atoms with Crippen LogP contribution in [-0.2, 0) is 4.74 Å². The molecule has 1 unspecified atom stereocenters. The summed E-state index contributed by atoms with van der Waals surface area (Å²) < 4.78 is 7.03. The molecular formula is C13H23N5O2. The fourth-order valence-electron chi connectivity index (χ4n) is 2.07. The number of hydrogen-bond donors (Lipinski definition) is 2. The lowest BCUT2D eigenvalue weighted by Gasteiger charge is -2.31. The summed E-state index contributed by atoms with van der Waals surface area (Å²) in [4.78, 5) is 11.7. The fourth-order valence-corrected chi connectivity index (χ4v) is 2.07. The first-order chi connectivity index (χ1) is 9.24. The minimum Gasteiger partial charge on any atom is -0.444 e. The van der Waals surface area contributed by atoms with Gasteiger partial charge in [0.05, 0.1) is 18.3 Å². The summed E-state index contributed by atoms with van der Waals surface area (Å²) in [5.74, 6) is 0. The molecule has 0 bridgehead atoms. The van der Waals surface area contributed by atoms with Gasteiger partial charge in [0.1, 0.15) is 11.3 Å². The number of amides is 1. The van der Waals surface area contributed by atoms with Crippen LogP contribution >= 0.6 is 0 Å². The van der Waals surface area contributed by atoms with Gasteiger partial charge in [-0.2, -0.15) is 0 Å². The Bertz CT molecular complexity index is 473. The molecule has 1 fully saturated rings. The highest BCUT2D eigenvalue weighted by atomic mass is 16.6. The lowest BCUT2D eigenvalue weighted by molar-refractivity contribution is 0.0507. The van der Waals surface area contributed by atoms with E-state index < -0.39 is 11.7 Å². The van der Waals surface area contributed by atoms with E-state index in [1.807, 2.05) is 38.6 Å². The van der Waals surface area contributed by atoms with E-state index in [0.717, 1.165) is 18.5 Å². The van der Waals surface area contributed by atoms with Crippen molar-refractivity contribution in [3.05, 3.63) is 11.9 Å². The SMILES string of the molecule is CC(NC(=O)OC(C)(C)C)c1cn(C2CC(N)C2)nn1. The van der Waals surface area contributed by atoms with Crippen molar-refractivity contribution in [2.45, 2.75) is 64.3 Å². The first kappa shape index (κ1) is 14.8. The third kappa shape index (κ3) is 3.69. The van der Waals surface area contributed by atoms with Crippen molar-refractivity contribution in [1.29, 1.82) is 0 Å². The highest BCUT2D eigenvalue weighted by Gasteiger charge is 2.29. The Kier molecular flexibility index (Phi) is 3.99. The molecule has 1 aromatic heterocycles. The number of aromatic nitrogens is 3. The molecule has 0 aromatic carbocycles. The van der Waals surface area contributed by atoms with E-state index >= 15 is 0 Å². The van der Waals surface area contributed by atoms with Crippen LogP contribution in [0.15, 0.2) is 6.20 Å². The molecule has 0 aliphatic heterocycles. The largest absolute Gasteiger partial charge is 0.444 e. The van der Waals surface area contributed by atoms with Gasteiger partial charge in [0, 0.05) is 6.04 Å². The Labute approximate surface area is 118 Å². The molecule has 3 N–H and O–H groups in total. The van der Waals surface area contributed by atoms with Gasteiger partial charge in [-0.05, 0) is 40.5 Å². The van der Waals surface area contributed by atoms with Gasteiger partial charge < -0.3 is 15.8 Å². The minimum atomic E-state index is -0.510. The average Bonchev–Trinajstić information content (AvgIpc) is 2.70. The molecule has 1 aliphatic carbocycles. The molecular weight excluding hydrogens is 258 g/mol. The van der Waals surface area contributed by atoms with E-state index in [-0.39, 0.29) is 12.1 Å². The molecule has 1 aromatic rings. The predicted octanol–water partition coefficient (Wildman–Crippen LogP) is 1.53. The number of ether oxygens (including phenoxy) is 1. The minimum absolute atomic E-state index is 0.243. The Morgan fingerprint density at radius 3 is 2.75 bits per heavy atom. The second-order valence-corrected chi connectivity index (χ2v) is 6.38. The number of carbonyl (C=O) groups is 1. The summed E-state index contributed by atoms with van der Waals surface area (Å²) in [7, 11) is 0. The Morgan fingerprint density at radius 2 is 2.20 bits per heavy atom. The molecule has 0 radical (unpaired) electrons. The van der Waals surface area contributed by atoms with E-state index in [2.05, 4.69) is 15.6 Å². The summed E-state index contributed by atoms with van der Waals surface area (Å²) in [5.41, 5.74) is 5.97. The highest BCUT2D eigenvalue weighted by molar-refractivity contribution is 5.68. The molecule has 7 heteroatoms. The lowest BCUT2D eigenvalue weighted by Crippen LogP contribution is -2.38. The third-order valence-corrected chi connectivity index (χ3v) is 3.23. The van der Waals surface area contributed by atoms with Gasteiger partial charge in [-0.25, -0.2) is 9.48 Å². The molecule has 112 valence electrons. The van der Waals surface area contributed by atoms with Crippen LogP contribution in [-0.4, -0.2) is 32.7 Å². The van der Waals surface area contributed by atoms with E-state index in [1.165, 1.54) is 0 Å². The van der Waals surface area contributed by atoms with Gasteiger partial charge in [0.15, 0.2) is 0 Å². The van der Waals surface area contributed by atoms with Gasteiger partial charge in [0.2, 0.25) is 0 Å². The zero-order valence-electron chi connectivity index (χ0n) is 12.5. The van der Waals surface area contributed by atoms with Gasteiger partial charge in [-0.3, -0.25) is 0 Å². The van der Waals surface area contributed by atoms with Crippen LogP contribution in [0.1, 0.15) is 58.3 Å². The van der Waals surface area contributed by atoms with Crippen molar-refractivity contribution in [2.75, 3.05) is 0 Å². The standard InChI is InChI=1S/C13H23N5O2/c1-8(15-12(19)20-13(2,3)4)11-7-18(17-16-11)10-5-9(14)6-10/h7-10H,5-6,14H2,1-4H3,(H,15,19). The molecule has 2 rings (SSSR count). The maximum absolute atomic E-state index is 11.7. The molecule has 1 saturated carbocycles. The van der Waals surface area contributed by atoms with Crippen LogP contribution in [0.4, 0.5) is 4.79 Å². The quantitative estimate of drug-likeness (QED) is 0.876. The van der Waals surface area contributed by atoms with Crippen LogP contribution in [0.3, 0.4) is 0 Å². The van der Waals surface area contributed by atoms with Crippen LogP contribution in [0.5, 0.6) is 0 Å². The average molecular weight is 281 g/mol. The van der Waals surface area contributed by atoms with Gasteiger partial charge in [0.25, 0.3) is 0 Å². The topological polar surface area (TPSA) is 95.1 Å². The first-order valence-electron chi connectivity index (χ1n) is 6.91. The van der Waals surface area contributed by atoms with Crippen molar-refractivity contribution in [3.63, 3.8) is 0 Å². The Morgan fingerprint density at radius 1 is 1.55 bits per heavy atom. The second-order valence-electron chi connectivity index (χ2n) is 6.38. The summed E-state index contributed by atoms with van der Waals surface area (Å²) in [5, 5.41) is 10.9. The highest BCUT2D eigenvalue weighted by Crippen LogP contribution is 2.30. The summed E-state index contributed by atoms with van der Waals surface area (Å²) in [6.07, 6.45) is 3.26. The van der Waals surface area contributed by atoms with E-state index in [0.29, 0.717) is 6.04 Å². The maximum atomic E-state index is 11.7. The number of alkyl carbamates (subject to hydrolysis) is 1. The van der Waals surface area contributed by atoms with Gasteiger partial charge >= 0.3 is 6.09 Å². The van der Waals surface area contributed by atoms with E-state index in [4.69, 9.17) is 10.5 Å².